The Morgan fingerprint density at radius 1 is 1.47 bits per heavy atom. The summed E-state index contributed by atoms with van der Waals surface area (Å²) in [6.07, 6.45) is 4.32. The Kier molecular flexibility index (Phi) is 6.74. The minimum Gasteiger partial charge on any atom is -0.377 e. The van der Waals surface area contributed by atoms with Crippen molar-refractivity contribution in [3.63, 3.8) is 0 Å². The predicted octanol–water partition coefficient (Wildman–Crippen LogP) is 0.343. The summed E-state index contributed by atoms with van der Waals surface area (Å²) in [6.45, 7) is 3.66. The van der Waals surface area contributed by atoms with Crippen molar-refractivity contribution in [2.24, 2.45) is 0 Å². The highest BCUT2D eigenvalue weighted by Crippen LogP contribution is 2.14. The molecule has 0 aromatic heterocycles. The van der Waals surface area contributed by atoms with Gasteiger partial charge in [0.25, 0.3) is 0 Å². The Morgan fingerprint density at radius 2 is 2.21 bits per heavy atom. The summed E-state index contributed by atoms with van der Waals surface area (Å²) in [5.74, 6) is -0.0342. The summed E-state index contributed by atoms with van der Waals surface area (Å²) in [7, 11) is -3.26. The van der Waals surface area contributed by atoms with Crippen LogP contribution in [0.2, 0.25) is 0 Å². The molecule has 1 aliphatic heterocycles. The first-order valence-corrected chi connectivity index (χ1v) is 8.61. The van der Waals surface area contributed by atoms with E-state index in [1.54, 1.807) is 0 Å². The molecule has 0 spiro atoms. The number of ether oxygens (including phenoxy) is 1. The highest BCUT2D eigenvalue weighted by Gasteiger charge is 2.24. The second kappa shape index (κ2) is 7.81. The Bertz CT molecular complexity index is 377. The normalized spacial score (nSPS) is 19.8. The average molecular weight is 292 g/mol. The molecule has 0 radical (unpaired) electrons. The SMILES string of the molecule is CCCC(=O)NCCN(CC1CCCO1)S(C)(=O)=O. The van der Waals surface area contributed by atoms with Gasteiger partial charge in [0.2, 0.25) is 15.9 Å². The molecule has 112 valence electrons. The molecule has 1 rings (SSSR count). The standard InChI is InChI=1S/C12H24N2O4S/c1-3-5-12(15)13-7-8-14(19(2,16)17)10-11-6-4-9-18-11/h11H,3-10H2,1-2H3,(H,13,15). The molecule has 1 saturated heterocycles. The van der Waals surface area contributed by atoms with Gasteiger partial charge >= 0.3 is 0 Å². The van der Waals surface area contributed by atoms with Crippen LogP contribution in [0.25, 0.3) is 0 Å². The van der Waals surface area contributed by atoms with Crippen molar-refractivity contribution < 1.29 is 17.9 Å². The molecule has 0 saturated carbocycles. The fraction of sp³-hybridized carbons (Fsp3) is 0.917. The Balaban J connectivity index is 2.39. The van der Waals surface area contributed by atoms with Crippen molar-refractivity contribution in [3.8, 4) is 0 Å². The Labute approximate surface area is 115 Å². The number of hydrogen-bond donors (Lipinski definition) is 1. The number of carbonyl (C=O) groups excluding carboxylic acids is 1. The van der Waals surface area contributed by atoms with Crippen molar-refractivity contribution in [3.05, 3.63) is 0 Å². The zero-order valence-corrected chi connectivity index (χ0v) is 12.5. The average Bonchev–Trinajstić information content (AvgIpc) is 2.79. The van der Waals surface area contributed by atoms with Gasteiger partial charge in [0.05, 0.1) is 12.4 Å². The van der Waals surface area contributed by atoms with Gasteiger partial charge in [-0.3, -0.25) is 4.79 Å². The summed E-state index contributed by atoms with van der Waals surface area (Å²) < 4.78 is 30.2. The lowest BCUT2D eigenvalue weighted by Crippen LogP contribution is -2.41. The predicted molar refractivity (Wildman–Crippen MR) is 73.3 cm³/mol. The van der Waals surface area contributed by atoms with Crippen LogP contribution in [-0.4, -0.2) is 57.2 Å². The van der Waals surface area contributed by atoms with E-state index in [1.165, 1.54) is 10.6 Å². The second-order valence-electron chi connectivity index (χ2n) is 4.86. The van der Waals surface area contributed by atoms with Gasteiger partial charge in [-0.1, -0.05) is 6.92 Å². The van der Waals surface area contributed by atoms with E-state index in [0.717, 1.165) is 19.3 Å². The third kappa shape index (κ3) is 6.35. The first-order valence-electron chi connectivity index (χ1n) is 6.77. The van der Waals surface area contributed by atoms with Crippen molar-refractivity contribution in [1.82, 2.24) is 9.62 Å². The third-order valence-corrected chi connectivity index (χ3v) is 4.33. The molecule has 7 heteroatoms. The number of rotatable bonds is 8. The lowest BCUT2D eigenvalue weighted by molar-refractivity contribution is -0.121. The lowest BCUT2D eigenvalue weighted by Gasteiger charge is -2.23. The maximum absolute atomic E-state index is 11.7. The molecular weight excluding hydrogens is 268 g/mol. The molecule has 0 aromatic rings. The molecule has 1 aliphatic rings. The number of sulfonamides is 1. The first kappa shape index (κ1) is 16.4. The summed E-state index contributed by atoms with van der Waals surface area (Å²) in [5, 5.41) is 2.73. The summed E-state index contributed by atoms with van der Waals surface area (Å²) in [4.78, 5) is 11.3. The van der Waals surface area contributed by atoms with Crippen LogP contribution in [0.1, 0.15) is 32.6 Å². The van der Waals surface area contributed by atoms with Crippen molar-refractivity contribution in [1.29, 1.82) is 0 Å². The van der Waals surface area contributed by atoms with Crippen molar-refractivity contribution in [2.75, 3.05) is 32.5 Å². The number of nitrogens with one attached hydrogen (secondary N) is 1. The molecule has 1 unspecified atom stereocenters. The van der Waals surface area contributed by atoms with E-state index in [-0.39, 0.29) is 12.0 Å². The van der Waals surface area contributed by atoms with Crippen LogP contribution in [0, 0.1) is 0 Å². The monoisotopic (exact) mass is 292 g/mol. The summed E-state index contributed by atoms with van der Waals surface area (Å²) in [5.41, 5.74) is 0. The van der Waals surface area contributed by atoms with E-state index in [4.69, 9.17) is 4.74 Å². The van der Waals surface area contributed by atoms with Gasteiger partial charge in [-0.15, -0.1) is 0 Å². The quantitative estimate of drug-likeness (QED) is 0.700. The number of hydrogen-bond acceptors (Lipinski definition) is 4. The van der Waals surface area contributed by atoms with Gasteiger partial charge in [-0.05, 0) is 19.3 Å². The smallest absolute Gasteiger partial charge is 0.220 e. The fourth-order valence-corrected chi connectivity index (χ4v) is 2.90. The molecule has 1 atom stereocenters. The van der Waals surface area contributed by atoms with Gasteiger partial charge in [0.15, 0.2) is 0 Å². The molecule has 0 aromatic carbocycles. The number of amides is 1. The number of carbonyl (C=O) groups is 1. The zero-order chi connectivity index (χ0) is 14.3. The van der Waals surface area contributed by atoms with Crippen LogP contribution in [0.4, 0.5) is 0 Å². The van der Waals surface area contributed by atoms with Crippen LogP contribution in [0.5, 0.6) is 0 Å². The van der Waals surface area contributed by atoms with Gasteiger partial charge in [0, 0.05) is 32.7 Å². The molecule has 1 N–H and O–H groups in total. The van der Waals surface area contributed by atoms with Crippen molar-refractivity contribution >= 4 is 15.9 Å². The van der Waals surface area contributed by atoms with Gasteiger partial charge in [-0.2, -0.15) is 4.31 Å². The van der Waals surface area contributed by atoms with Crippen LogP contribution in [-0.2, 0) is 19.6 Å². The first-order chi connectivity index (χ1) is 8.93. The summed E-state index contributed by atoms with van der Waals surface area (Å²) >= 11 is 0. The number of nitrogens with zero attached hydrogens (tertiary/aromatic N) is 1. The minimum absolute atomic E-state index is 0.0129. The molecule has 1 fully saturated rings. The molecule has 1 amide bonds. The van der Waals surface area contributed by atoms with E-state index in [2.05, 4.69) is 5.32 Å². The van der Waals surface area contributed by atoms with Crippen LogP contribution in [0.3, 0.4) is 0 Å². The van der Waals surface area contributed by atoms with Crippen LogP contribution >= 0.6 is 0 Å². The van der Waals surface area contributed by atoms with E-state index in [0.29, 0.717) is 32.7 Å². The van der Waals surface area contributed by atoms with Gasteiger partial charge in [0.1, 0.15) is 0 Å². The van der Waals surface area contributed by atoms with E-state index in [1.807, 2.05) is 6.92 Å². The van der Waals surface area contributed by atoms with Crippen LogP contribution < -0.4 is 5.32 Å². The Morgan fingerprint density at radius 3 is 2.74 bits per heavy atom. The fourth-order valence-electron chi connectivity index (χ4n) is 2.04. The second-order valence-corrected chi connectivity index (χ2v) is 6.84. The maximum Gasteiger partial charge on any atom is 0.220 e. The molecule has 1 heterocycles. The minimum atomic E-state index is -3.26. The maximum atomic E-state index is 11.7. The Hall–Kier alpha value is -0.660. The highest BCUT2D eigenvalue weighted by atomic mass is 32.2. The molecule has 0 bridgehead atoms. The van der Waals surface area contributed by atoms with E-state index >= 15 is 0 Å². The molecule has 0 aliphatic carbocycles. The topological polar surface area (TPSA) is 75.7 Å². The largest absolute Gasteiger partial charge is 0.377 e. The van der Waals surface area contributed by atoms with Gasteiger partial charge in [-0.25, -0.2) is 8.42 Å². The lowest BCUT2D eigenvalue weighted by atomic mass is 10.2. The highest BCUT2D eigenvalue weighted by molar-refractivity contribution is 7.88. The molecular formula is C12H24N2O4S. The van der Waals surface area contributed by atoms with Crippen LogP contribution in [0.15, 0.2) is 0 Å². The molecule has 6 nitrogen and oxygen atoms in total. The zero-order valence-electron chi connectivity index (χ0n) is 11.7. The van der Waals surface area contributed by atoms with E-state index < -0.39 is 10.0 Å². The third-order valence-electron chi connectivity index (χ3n) is 3.06. The van der Waals surface area contributed by atoms with Gasteiger partial charge < -0.3 is 10.1 Å². The molecule has 19 heavy (non-hydrogen) atoms. The van der Waals surface area contributed by atoms with Crippen molar-refractivity contribution in [2.45, 2.75) is 38.7 Å². The summed E-state index contributed by atoms with van der Waals surface area (Å²) in [6, 6.07) is 0. The van der Waals surface area contributed by atoms with E-state index in [9.17, 15) is 13.2 Å².